The molecular weight excluding hydrogens is 492 g/mol. The Morgan fingerprint density at radius 1 is 1.03 bits per heavy atom. The molecule has 0 radical (unpaired) electrons. The summed E-state index contributed by atoms with van der Waals surface area (Å²) in [6.07, 6.45) is -4.68. The van der Waals surface area contributed by atoms with Crippen molar-refractivity contribution < 1.29 is 35.2 Å². The molecule has 1 heterocycles. The highest BCUT2D eigenvalue weighted by Crippen LogP contribution is 2.59. The largest absolute Gasteiger partial charge is 0.405 e. The number of sulfonamides is 1. The Balaban J connectivity index is 2.03. The molecule has 0 aromatic heterocycles. The van der Waals surface area contributed by atoms with Gasteiger partial charge in [0.25, 0.3) is 0 Å². The van der Waals surface area contributed by atoms with Gasteiger partial charge in [-0.1, -0.05) is 48.0 Å². The summed E-state index contributed by atoms with van der Waals surface area (Å²) in [5, 5.41) is 0. The van der Waals surface area contributed by atoms with Crippen LogP contribution >= 0.6 is 7.60 Å². The zero-order valence-electron chi connectivity index (χ0n) is 19.0. The van der Waals surface area contributed by atoms with Crippen LogP contribution < -0.4 is 4.72 Å². The molecule has 1 saturated heterocycles. The van der Waals surface area contributed by atoms with Crippen molar-refractivity contribution in [3.63, 3.8) is 0 Å². The molecule has 0 aliphatic carbocycles. The maximum Gasteiger partial charge on any atom is 0.405 e. The second-order valence-corrected chi connectivity index (χ2v) is 11.8. The Morgan fingerprint density at radius 2 is 1.59 bits per heavy atom. The molecule has 0 bridgehead atoms. The Bertz CT molecular complexity index is 1100. The monoisotopic (exact) mass is 520 g/mol. The predicted octanol–water partition coefficient (Wildman–Crippen LogP) is 4.68. The van der Waals surface area contributed by atoms with Crippen LogP contribution in [0, 0.1) is 6.92 Å². The fourth-order valence-electron chi connectivity index (χ4n) is 3.85. The third-order valence-electron chi connectivity index (χ3n) is 5.41. The van der Waals surface area contributed by atoms with E-state index in [0.29, 0.717) is 5.56 Å². The van der Waals surface area contributed by atoms with Gasteiger partial charge in [-0.05, 0) is 38.5 Å². The lowest BCUT2D eigenvalue weighted by Crippen LogP contribution is -2.42. The van der Waals surface area contributed by atoms with Crippen LogP contribution in [0.3, 0.4) is 0 Å². The normalized spacial score (nSPS) is 21.9. The fraction of sp³-hybridized carbons (Fsp3) is 0.455. The molecule has 3 rings (SSSR count). The van der Waals surface area contributed by atoms with Crippen molar-refractivity contribution in [2.24, 2.45) is 0 Å². The maximum atomic E-state index is 14.0. The van der Waals surface area contributed by atoms with Gasteiger partial charge < -0.3 is 9.05 Å². The third-order valence-corrected chi connectivity index (χ3v) is 9.39. The Kier molecular flexibility index (Phi) is 8.27. The van der Waals surface area contributed by atoms with Gasteiger partial charge in [0.2, 0.25) is 10.0 Å². The standard InChI is InChI=1S/C22H28F3N2O5PS/c1-4-31-33(28,32-5-2)21(26-34(29,30)18-13-11-16(3)12-14-18)19-20(22(23,24)25)27(19)15-17-9-7-6-8-10-17/h6-14,19-21,26H,4-5,15H2,1-3H3/t19-,20+,21+,27?/m1/s1. The van der Waals surface area contributed by atoms with Crippen LogP contribution in [0.5, 0.6) is 0 Å². The van der Waals surface area contributed by atoms with E-state index in [0.717, 1.165) is 10.5 Å². The van der Waals surface area contributed by atoms with Crippen LogP contribution in [0.2, 0.25) is 0 Å². The quantitative estimate of drug-likeness (QED) is 0.342. The molecule has 7 nitrogen and oxygen atoms in total. The predicted molar refractivity (Wildman–Crippen MR) is 122 cm³/mol. The zero-order valence-corrected chi connectivity index (χ0v) is 20.7. The zero-order chi connectivity index (χ0) is 25.1. The summed E-state index contributed by atoms with van der Waals surface area (Å²) in [5.74, 6) is -1.77. The van der Waals surface area contributed by atoms with E-state index in [1.54, 1.807) is 49.4 Å². The lowest BCUT2D eigenvalue weighted by atomic mass is 10.2. The lowest BCUT2D eigenvalue weighted by molar-refractivity contribution is -0.137. The topological polar surface area (TPSA) is 84.7 Å². The van der Waals surface area contributed by atoms with Crippen LogP contribution in [0.4, 0.5) is 13.2 Å². The highest BCUT2D eigenvalue weighted by Gasteiger charge is 2.69. The van der Waals surface area contributed by atoms with Gasteiger partial charge in [0, 0.05) is 6.54 Å². The number of alkyl halides is 3. The summed E-state index contributed by atoms with van der Waals surface area (Å²) in [7, 11) is -8.67. The summed E-state index contributed by atoms with van der Waals surface area (Å²) in [5.41, 5.74) is 1.40. The molecule has 1 aliphatic rings. The first-order valence-electron chi connectivity index (χ1n) is 10.8. The first-order chi connectivity index (χ1) is 15.9. The molecule has 0 saturated carbocycles. The summed E-state index contributed by atoms with van der Waals surface area (Å²) in [6, 6.07) is 10.7. The van der Waals surface area contributed by atoms with Gasteiger partial charge in [0.05, 0.1) is 24.2 Å². The average Bonchev–Trinajstić information content (AvgIpc) is 3.47. The molecule has 34 heavy (non-hydrogen) atoms. The summed E-state index contributed by atoms with van der Waals surface area (Å²) in [4.78, 5) is 0.893. The molecule has 1 fully saturated rings. The van der Waals surface area contributed by atoms with Crippen LogP contribution in [-0.2, 0) is 30.2 Å². The van der Waals surface area contributed by atoms with Crippen molar-refractivity contribution >= 4 is 17.6 Å². The smallest absolute Gasteiger partial charge is 0.308 e. The van der Waals surface area contributed by atoms with Crippen LogP contribution in [0.1, 0.15) is 25.0 Å². The first-order valence-corrected chi connectivity index (χ1v) is 13.9. The van der Waals surface area contributed by atoms with Gasteiger partial charge in [-0.15, -0.1) is 0 Å². The van der Waals surface area contributed by atoms with Crippen molar-refractivity contribution in [3.05, 3.63) is 65.7 Å². The van der Waals surface area contributed by atoms with E-state index in [4.69, 9.17) is 9.05 Å². The highest BCUT2D eigenvalue weighted by atomic mass is 32.2. The Labute approximate surface area is 197 Å². The Hall–Kier alpha value is -1.75. The molecule has 1 aliphatic heterocycles. The first kappa shape index (κ1) is 26.8. The van der Waals surface area contributed by atoms with Crippen molar-refractivity contribution in [3.8, 4) is 0 Å². The highest BCUT2D eigenvalue weighted by molar-refractivity contribution is 7.89. The van der Waals surface area contributed by atoms with Gasteiger partial charge in [-0.25, -0.2) is 8.42 Å². The number of hydrogen-bond acceptors (Lipinski definition) is 6. The van der Waals surface area contributed by atoms with E-state index < -0.39 is 41.7 Å². The SMILES string of the molecule is CCOP(=O)(OCC)[C@H](NS(=O)(=O)c1ccc(C)cc1)[C@H]1[C@@H](C(F)(F)F)N1Cc1ccccc1. The van der Waals surface area contributed by atoms with Crippen molar-refractivity contribution in [1.29, 1.82) is 0 Å². The lowest BCUT2D eigenvalue weighted by Gasteiger charge is -2.27. The van der Waals surface area contributed by atoms with Crippen molar-refractivity contribution in [2.75, 3.05) is 13.2 Å². The number of halogens is 3. The molecular formula is C22H28F3N2O5PS. The van der Waals surface area contributed by atoms with E-state index in [-0.39, 0.29) is 24.7 Å². The van der Waals surface area contributed by atoms with E-state index >= 15 is 0 Å². The minimum absolute atomic E-state index is 0.114. The van der Waals surface area contributed by atoms with Crippen LogP contribution in [0.15, 0.2) is 59.5 Å². The number of nitrogens with one attached hydrogen (secondary N) is 1. The Morgan fingerprint density at radius 3 is 2.09 bits per heavy atom. The molecule has 2 aromatic rings. The summed E-state index contributed by atoms with van der Waals surface area (Å²) in [6.45, 7) is 4.39. The summed E-state index contributed by atoms with van der Waals surface area (Å²) < 4.78 is 94.7. The number of nitrogens with zero attached hydrogens (tertiary/aromatic N) is 1. The molecule has 2 aromatic carbocycles. The van der Waals surface area contributed by atoms with E-state index in [1.807, 2.05) is 0 Å². The van der Waals surface area contributed by atoms with Gasteiger partial charge in [0.1, 0.15) is 11.8 Å². The third kappa shape index (κ3) is 6.08. The van der Waals surface area contributed by atoms with Crippen LogP contribution in [0.25, 0.3) is 0 Å². The van der Waals surface area contributed by atoms with E-state index in [9.17, 15) is 26.2 Å². The van der Waals surface area contributed by atoms with Crippen LogP contribution in [-0.4, -0.2) is 50.6 Å². The van der Waals surface area contributed by atoms with Gasteiger partial charge in [-0.2, -0.15) is 17.9 Å². The fourth-order valence-corrected chi connectivity index (χ4v) is 7.70. The second-order valence-electron chi connectivity index (χ2n) is 7.89. The number of aryl methyl sites for hydroxylation is 1. The van der Waals surface area contributed by atoms with Gasteiger partial charge >= 0.3 is 13.8 Å². The average molecular weight is 521 g/mol. The van der Waals surface area contributed by atoms with Crippen molar-refractivity contribution in [1.82, 2.24) is 9.62 Å². The van der Waals surface area contributed by atoms with Gasteiger partial charge in [-0.3, -0.25) is 9.46 Å². The molecule has 188 valence electrons. The molecule has 1 unspecified atom stereocenters. The van der Waals surface area contributed by atoms with E-state index in [2.05, 4.69) is 4.72 Å². The minimum Gasteiger partial charge on any atom is -0.308 e. The molecule has 4 atom stereocenters. The van der Waals surface area contributed by atoms with E-state index in [1.165, 1.54) is 26.0 Å². The number of rotatable bonds is 11. The van der Waals surface area contributed by atoms with Crippen molar-refractivity contribution in [2.45, 2.75) is 56.3 Å². The van der Waals surface area contributed by atoms with Gasteiger partial charge in [0.15, 0.2) is 0 Å². The second kappa shape index (κ2) is 10.5. The molecule has 0 spiro atoms. The maximum absolute atomic E-state index is 14.0. The number of benzene rings is 2. The summed E-state index contributed by atoms with van der Waals surface area (Å²) >= 11 is 0. The molecule has 1 N–H and O–H groups in total. The number of hydrogen-bond donors (Lipinski definition) is 1. The minimum atomic E-state index is -4.68. The molecule has 0 amide bonds. The molecule has 12 heteroatoms.